The lowest BCUT2D eigenvalue weighted by atomic mass is 10.3. The second kappa shape index (κ2) is 5.35. The van der Waals surface area contributed by atoms with Crippen LogP contribution in [0, 0.1) is 0 Å². The number of hydrogen-bond donors (Lipinski definition) is 2. The fourth-order valence-corrected chi connectivity index (χ4v) is 2.72. The molecule has 7 heteroatoms. The molecule has 1 unspecified atom stereocenters. The van der Waals surface area contributed by atoms with Crippen LogP contribution < -0.4 is 10.6 Å². The molecule has 0 aliphatic carbocycles. The summed E-state index contributed by atoms with van der Waals surface area (Å²) in [5.74, 6) is 1.51. The fraction of sp³-hybridized carbons (Fsp3) is 0.333. The van der Waals surface area contributed by atoms with Gasteiger partial charge in [0, 0.05) is 22.3 Å². The lowest BCUT2D eigenvalue weighted by Gasteiger charge is -2.11. The molecule has 0 spiro atoms. The highest BCUT2D eigenvalue weighted by Gasteiger charge is 2.23. The molecule has 1 aromatic heterocycles. The number of halogens is 2. The number of aromatic nitrogens is 1. The maximum absolute atomic E-state index is 11.8. The van der Waals surface area contributed by atoms with Gasteiger partial charge in [0.15, 0.2) is 5.15 Å². The molecule has 0 saturated carbocycles. The molecule has 86 valence electrons. The van der Waals surface area contributed by atoms with Crippen LogP contribution in [0.2, 0.25) is 5.15 Å². The number of pyridine rings is 1. The molecular formula is C9H9BrClN3OS. The number of carbonyl (C=O) groups is 1. The van der Waals surface area contributed by atoms with Crippen LogP contribution in [0.15, 0.2) is 16.7 Å². The largest absolute Gasteiger partial charge is 0.322 e. The molecule has 1 amide bonds. The Labute approximate surface area is 111 Å². The Bertz CT molecular complexity index is 412. The number of thioether (sulfide) groups is 1. The minimum atomic E-state index is -0.153. The molecular weight excluding hydrogens is 314 g/mol. The van der Waals surface area contributed by atoms with Crippen molar-refractivity contribution in [3.8, 4) is 0 Å². The number of carbonyl (C=O) groups excluding carboxylic acids is 1. The van der Waals surface area contributed by atoms with Crippen LogP contribution in [-0.4, -0.2) is 28.6 Å². The van der Waals surface area contributed by atoms with Gasteiger partial charge in [0.25, 0.3) is 0 Å². The second-order valence-corrected chi connectivity index (χ2v) is 5.56. The highest BCUT2D eigenvalue weighted by atomic mass is 79.9. The molecule has 1 aliphatic rings. The summed E-state index contributed by atoms with van der Waals surface area (Å²) in [7, 11) is 0. The number of hydrogen-bond acceptors (Lipinski definition) is 4. The molecule has 0 aromatic carbocycles. The summed E-state index contributed by atoms with van der Waals surface area (Å²) in [6.07, 6.45) is 1.58. The van der Waals surface area contributed by atoms with Crippen molar-refractivity contribution in [1.82, 2.24) is 10.3 Å². The topological polar surface area (TPSA) is 54.0 Å². The van der Waals surface area contributed by atoms with Crippen molar-refractivity contribution in [2.24, 2.45) is 0 Å². The Morgan fingerprint density at radius 2 is 2.56 bits per heavy atom. The van der Waals surface area contributed by atoms with E-state index >= 15 is 0 Å². The van der Waals surface area contributed by atoms with Crippen molar-refractivity contribution in [1.29, 1.82) is 0 Å². The average Bonchev–Trinajstić information content (AvgIpc) is 2.76. The van der Waals surface area contributed by atoms with Gasteiger partial charge in [-0.25, -0.2) is 4.98 Å². The first-order valence-corrected chi connectivity index (χ1v) is 6.92. The first-order chi connectivity index (χ1) is 7.66. The molecule has 1 aliphatic heterocycles. The number of rotatable bonds is 2. The van der Waals surface area contributed by atoms with Crippen LogP contribution in [0.3, 0.4) is 0 Å². The normalized spacial score (nSPS) is 19.8. The summed E-state index contributed by atoms with van der Waals surface area (Å²) in [6.45, 7) is 0. The lowest BCUT2D eigenvalue weighted by Crippen LogP contribution is -2.37. The predicted molar refractivity (Wildman–Crippen MR) is 69.8 cm³/mol. The van der Waals surface area contributed by atoms with Crippen LogP contribution in [0.25, 0.3) is 0 Å². The maximum Gasteiger partial charge on any atom is 0.242 e. The Kier molecular flexibility index (Phi) is 4.07. The molecule has 2 heterocycles. The summed E-state index contributed by atoms with van der Waals surface area (Å²) in [6, 6.07) is 1.58. The third kappa shape index (κ3) is 2.88. The van der Waals surface area contributed by atoms with Crippen LogP contribution >= 0.6 is 39.3 Å². The third-order valence-electron chi connectivity index (χ3n) is 2.10. The van der Waals surface area contributed by atoms with E-state index in [1.807, 2.05) is 0 Å². The molecule has 4 nitrogen and oxygen atoms in total. The first-order valence-electron chi connectivity index (χ1n) is 4.60. The quantitative estimate of drug-likeness (QED) is 0.819. The van der Waals surface area contributed by atoms with Gasteiger partial charge in [0.2, 0.25) is 5.91 Å². The van der Waals surface area contributed by atoms with Crippen LogP contribution in [-0.2, 0) is 4.79 Å². The van der Waals surface area contributed by atoms with Crippen molar-refractivity contribution in [2.75, 3.05) is 16.9 Å². The summed E-state index contributed by atoms with van der Waals surface area (Å²) in [4.78, 5) is 15.7. The second-order valence-electron chi connectivity index (χ2n) is 3.25. The van der Waals surface area contributed by atoms with Crippen LogP contribution in [0.5, 0.6) is 0 Å². The van der Waals surface area contributed by atoms with E-state index in [-0.39, 0.29) is 11.9 Å². The summed E-state index contributed by atoms with van der Waals surface area (Å²) in [5.41, 5.74) is 0.528. The summed E-state index contributed by atoms with van der Waals surface area (Å²) in [5, 5.41) is 6.13. The Morgan fingerprint density at radius 3 is 3.25 bits per heavy atom. The Hall–Kier alpha value is -0.300. The smallest absolute Gasteiger partial charge is 0.242 e. The standard InChI is InChI=1S/C9H9BrClN3OS/c10-5-1-6(8(11)12-2-5)14-9(15)7-3-16-4-13-7/h1-2,7,13H,3-4H2,(H,14,15). The zero-order valence-corrected chi connectivity index (χ0v) is 11.3. The van der Waals surface area contributed by atoms with Gasteiger partial charge in [-0.1, -0.05) is 11.6 Å². The SMILES string of the molecule is O=C(Nc1cc(Br)cnc1Cl)C1CSCN1. The number of amides is 1. The van der Waals surface area contributed by atoms with Gasteiger partial charge < -0.3 is 5.32 Å². The van der Waals surface area contributed by atoms with Crippen molar-refractivity contribution in [3.63, 3.8) is 0 Å². The van der Waals surface area contributed by atoms with Gasteiger partial charge in [-0.2, -0.15) is 0 Å². The Morgan fingerprint density at radius 1 is 1.75 bits per heavy atom. The molecule has 1 atom stereocenters. The van der Waals surface area contributed by atoms with Crippen molar-refractivity contribution >= 4 is 50.9 Å². The van der Waals surface area contributed by atoms with Crippen molar-refractivity contribution < 1.29 is 4.79 Å². The van der Waals surface area contributed by atoms with E-state index in [9.17, 15) is 4.79 Å². The number of nitrogens with one attached hydrogen (secondary N) is 2. The molecule has 2 rings (SSSR count). The number of nitrogens with zero attached hydrogens (tertiary/aromatic N) is 1. The maximum atomic E-state index is 11.8. The van der Waals surface area contributed by atoms with Gasteiger partial charge >= 0.3 is 0 Å². The molecule has 1 aromatic rings. The molecule has 0 radical (unpaired) electrons. The average molecular weight is 323 g/mol. The molecule has 0 bridgehead atoms. The minimum absolute atomic E-state index is 0.0770. The summed E-state index contributed by atoms with van der Waals surface area (Å²) >= 11 is 10.9. The zero-order valence-electron chi connectivity index (χ0n) is 8.17. The molecule has 1 saturated heterocycles. The van der Waals surface area contributed by atoms with Crippen LogP contribution in [0.1, 0.15) is 0 Å². The van der Waals surface area contributed by atoms with Gasteiger partial charge in [-0.3, -0.25) is 10.1 Å². The van der Waals surface area contributed by atoms with E-state index in [1.165, 1.54) is 0 Å². The Balaban J connectivity index is 2.07. The van der Waals surface area contributed by atoms with E-state index in [0.717, 1.165) is 16.1 Å². The molecule has 2 N–H and O–H groups in total. The van der Waals surface area contributed by atoms with Gasteiger partial charge in [0.1, 0.15) is 0 Å². The molecule has 16 heavy (non-hydrogen) atoms. The monoisotopic (exact) mass is 321 g/mol. The van der Waals surface area contributed by atoms with Gasteiger partial charge in [0.05, 0.1) is 11.7 Å². The van der Waals surface area contributed by atoms with E-state index < -0.39 is 0 Å². The van der Waals surface area contributed by atoms with Gasteiger partial charge in [-0.15, -0.1) is 11.8 Å². The fourth-order valence-electron chi connectivity index (χ4n) is 1.29. The third-order valence-corrected chi connectivity index (χ3v) is 3.77. The molecule has 1 fully saturated rings. The minimum Gasteiger partial charge on any atom is -0.322 e. The van der Waals surface area contributed by atoms with Gasteiger partial charge in [-0.05, 0) is 22.0 Å². The van der Waals surface area contributed by atoms with E-state index in [2.05, 4.69) is 31.5 Å². The predicted octanol–water partition coefficient (Wildman–Crippen LogP) is 2.10. The summed E-state index contributed by atoms with van der Waals surface area (Å²) < 4.78 is 0.779. The van der Waals surface area contributed by atoms with Crippen molar-refractivity contribution in [3.05, 3.63) is 21.9 Å². The lowest BCUT2D eigenvalue weighted by molar-refractivity contribution is -0.117. The van der Waals surface area contributed by atoms with E-state index in [1.54, 1.807) is 24.0 Å². The first kappa shape index (κ1) is 12.2. The highest BCUT2D eigenvalue weighted by Crippen LogP contribution is 2.23. The zero-order chi connectivity index (χ0) is 11.5. The van der Waals surface area contributed by atoms with Crippen LogP contribution in [0.4, 0.5) is 5.69 Å². The van der Waals surface area contributed by atoms with E-state index in [4.69, 9.17) is 11.6 Å². The van der Waals surface area contributed by atoms with E-state index in [0.29, 0.717) is 10.8 Å². The van der Waals surface area contributed by atoms with Crippen molar-refractivity contribution in [2.45, 2.75) is 6.04 Å². The number of anilines is 1. The highest BCUT2D eigenvalue weighted by molar-refractivity contribution is 9.10.